The molecule has 2 unspecified atom stereocenters. The number of amides is 1. The maximum Gasteiger partial charge on any atom is 0.239 e. The Morgan fingerprint density at radius 3 is 2.50 bits per heavy atom. The van der Waals surface area contributed by atoms with Gasteiger partial charge in [-0.2, -0.15) is 0 Å². The van der Waals surface area contributed by atoms with Gasteiger partial charge in [-0.05, 0) is 32.6 Å². The van der Waals surface area contributed by atoms with Crippen molar-refractivity contribution >= 4 is 5.91 Å². The lowest BCUT2D eigenvalue weighted by Gasteiger charge is -2.30. The van der Waals surface area contributed by atoms with E-state index in [4.69, 9.17) is 5.11 Å². The summed E-state index contributed by atoms with van der Waals surface area (Å²) in [6.45, 7) is 5.76. The molecule has 0 saturated carbocycles. The van der Waals surface area contributed by atoms with Crippen LogP contribution in [0.2, 0.25) is 0 Å². The van der Waals surface area contributed by atoms with Crippen LogP contribution in [0, 0.1) is 0 Å². The molecule has 0 spiro atoms. The van der Waals surface area contributed by atoms with Crippen molar-refractivity contribution in [2.75, 3.05) is 19.7 Å². The number of nitrogens with zero attached hydrogens (tertiary/aromatic N) is 1. The summed E-state index contributed by atoms with van der Waals surface area (Å²) in [4.78, 5) is 14.0. The van der Waals surface area contributed by atoms with Gasteiger partial charge in [0.1, 0.15) is 0 Å². The first-order valence-corrected chi connectivity index (χ1v) is 6.34. The predicted octanol–water partition coefficient (Wildman–Crippen LogP) is 0.748. The van der Waals surface area contributed by atoms with E-state index in [9.17, 15) is 4.79 Å². The molecule has 0 bridgehead atoms. The lowest BCUT2D eigenvalue weighted by Crippen LogP contribution is -2.50. The van der Waals surface area contributed by atoms with Gasteiger partial charge in [0.05, 0.1) is 12.6 Å². The topological polar surface area (TPSA) is 52.6 Å². The van der Waals surface area contributed by atoms with Crippen LogP contribution in [0.3, 0.4) is 0 Å². The third-order valence-corrected chi connectivity index (χ3v) is 3.24. The molecule has 4 nitrogen and oxygen atoms in total. The molecule has 16 heavy (non-hydrogen) atoms. The van der Waals surface area contributed by atoms with Gasteiger partial charge in [-0.25, -0.2) is 0 Å². The molecule has 1 saturated heterocycles. The fourth-order valence-electron chi connectivity index (χ4n) is 2.11. The first-order valence-electron chi connectivity index (χ1n) is 6.34. The Hall–Kier alpha value is -0.610. The van der Waals surface area contributed by atoms with Crippen molar-refractivity contribution < 1.29 is 9.90 Å². The maximum absolute atomic E-state index is 12.0. The van der Waals surface area contributed by atoms with Gasteiger partial charge in [0.25, 0.3) is 0 Å². The Kier molecular flexibility index (Phi) is 5.77. The normalized spacial score (nSPS) is 20.6. The number of carbonyl (C=O) groups excluding carboxylic acids is 1. The van der Waals surface area contributed by atoms with E-state index < -0.39 is 0 Å². The Morgan fingerprint density at radius 1 is 1.38 bits per heavy atom. The zero-order valence-electron chi connectivity index (χ0n) is 10.4. The summed E-state index contributed by atoms with van der Waals surface area (Å²) in [6, 6.07) is -0.154. The molecule has 1 rings (SSSR count). The highest BCUT2D eigenvalue weighted by molar-refractivity contribution is 5.81. The van der Waals surface area contributed by atoms with Gasteiger partial charge in [0.15, 0.2) is 0 Å². The molecule has 0 aromatic heterocycles. The summed E-state index contributed by atoms with van der Waals surface area (Å²) >= 11 is 0. The molecule has 0 radical (unpaired) electrons. The molecule has 94 valence electrons. The molecular formula is C12H24N2O2. The van der Waals surface area contributed by atoms with E-state index in [0.29, 0.717) is 0 Å². The largest absolute Gasteiger partial charge is 0.395 e. The second-order valence-corrected chi connectivity index (χ2v) is 4.56. The minimum absolute atomic E-state index is 0.0312. The quantitative estimate of drug-likeness (QED) is 0.730. The molecule has 2 atom stereocenters. The molecule has 0 aromatic carbocycles. The number of piperidine rings is 1. The summed E-state index contributed by atoms with van der Waals surface area (Å²) < 4.78 is 0. The Labute approximate surface area is 98.0 Å². The second kappa shape index (κ2) is 6.86. The van der Waals surface area contributed by atoms with E-state index in [0.717, 1.165) is 32.4 Å². The zero-order valence-corrected chi connectivity index (χ0v) is 10.4. The van der Waals surface area contributed by atoms with E-state index >= 15 is 0 Å². The molecular weight excluding hydrogens is 204 g/mol. The minimum Gasteiger partial charge on any atom is -0.395 e. The van der Waals surface area contributed by atoms with Crippen LogP contribution in [0.5, 0.6) is 0 Å². The SMILES string of the molecule is CCC(CO)NC(C)C(=O)N1CCCCC1. The predicted molar refractivity (Wildman–Crippen MR) is 64.2 cm³/mol. The number of aliphatic hydroxyl groups is 1. The smallest absolute Gasteiger partial charge is 0.239 e. The van der Waals surface area contributed by atoms with Crippen LogP contribution in [0.1, 0.15) is 39.5 Å². The first-order chi connectivity index (χ1) is 7.69. The highest BCUT2D eigenvalue weighted by Gasteiger charge is 2.23. The molecule has 2 N–H and O–H groups in total. The van der Waals surface area contributed by atoms with E-state index in [1.54, 1.807) is 0 Å². The summed E-state index contributed by atoms with van der Waals surface area (Å²) in [5.41, 5.74) is 0. The molecule has 1 aliphatic rings. The van der Waals surface area contributed by atoms with E-state index in [1.165, 1.54) is 6.42 Å². The number of carbonyl (C=O) groups is 1. The Balaban J connectivity index is 2.39. The molecule has 0 aromatic rings. The van der Waals surface area contributed by atoms with Crippen LogP contribution in [-0.4, -0.2) is 47.7 Å². The van der Waals surface area contributed by atoms with Gasteiger partial charge in [-0.3, -0.25) is 4.79 Å². The molecule has 1 amide bonds. The van der Waals surface area contributed by atoms with Crippen molar-refractivity contribution in [3.05, 3.63) is 0 Å². The lowest BCUT2D eigenvalue weighted by molar-refractivity contribution is -0.134. The lowest BCUT2D eigenvalue weighted by atomic mass is 10.1. The standard InChI is InChI=1S/C12H24N2O2/c1-3-11(9-15)13-10(2)12(16)14-7-5-4-6-8-14/h10-11,13,15H,3-9H2,1-2H3. The number of nitrogens with one attached hydrogen (secondary N) is 1. The van der Waals surface area contributed by atoms with Crippen molar-refractivity contribution in [1.82, 2.24) is 10.2 Å². The molecule has 0 aliphatic carbocycles. The van der Waals surface area contributed by atoms with E-state index in [1.807, 2.05) is 18.7 Å². The van der Waals surface area contributed by atoms with Crippen LogP contribution in [-0.2, 0) is 4.79 Å². The third-order valence-electron chi connectivity index (χ3n) is 3.24. The first kappa shape index (κ1) is 13.5. The zero-order chi connectivity index (χ0) is 12.0. The molecule has 1 heterocycles. The number of hydrogen-bond acceptors (Lipinski definition) is 3. The molecule has 1 fully saturated rings. The van der Waals surface area contributed by atoms with Crippen molar-refractivity contribution in [1.29, 1.82) is 0 Å². The number of aliphatic hydroxyl groups excluding tert-OH is 1. The van der Waals surface area contributed by atoms with Gasteiger partial charge < -0.3 is 15.3 Å². The number of rotatable bonds is 5. The summed E-state index contributed by atoms with van der Waals surface area (Å²) in [5.74, 6) is 0.173. The Bertz CT molecular complexity index is 211. The van der Waals surface area contributed by atoms with Crippen molar-refractivity contribution in [2.24, 2.45) is 0 Å². The van der Waals surface area contributed by atoms with Crippen LogP contribution in [0.4, 0.5) is 0 Å². The number of likely N-dealkylation sites (tertiary alicyclic amines) is 1. The van der Waals surface area contributed by atoms with Crippen molar-refractivity contribution in [2.45, 2.75) is 51.6 Å². The van der Waals surface area contributed by atoms with E-state index in [2.05, 4.69) is 5.32 Å². The van der Waals surface area contributed by atoms with Crippen LogP contribution >= 0.6 is 0 Å². The van der Waals surface area contributed by atoms with Gasteiger partial charge in [-0.1, -0.05) is 6.92 Å². The van der Waals surface area contributed by atoms with Crippen molar-refractivity contribution in [3.63, 3.8) is 0 Å². The highest BCUT2D eigenvalue weighted by atomic mass is 16.3. The maximum atomic E-state index is 12.0. The van der Waals surface area contributed by atoms with Crippen LogP contribution in [0.15, 0.2) is 0 Å². The second-order valence-electron chi connectivity index (χ2n) is 4.56. The fraction of sp³-hybridized carbons (Fsp3) is 0.917. The monoisotopic (exact) mass is 228 g/mol. The average Bonchev–Trinajstić information content (AvgIpc) is 2.35. The van der Waals surface area contributed by atoms with Crippen LogP contribution in [0.25, 0.3) is 0 Å². The van der Waals surface area contributed by atoms with Crippen LogP contribution < -0.4 is 5.32 Å². The van der Waals surface area contributed by atoms with Gasteiger partial charge >= 0.3 is 0 Å². The summed E-state index contributed by atoms with van der Waals surface area (Å²) in [7, 11) is 0. The van der Waals surface area contributed by atoms with Gasteiger partial charge in [-0.15, -0.1) is 0 Å². The molecule has 1 aliphatic heterocycles. The minimum atomic E-state index is -0.185. The number of hydrogen-bond donors (Lipinski definition) is 2. The van der Waals surface area contributed by atoms with Gasteiger partial charge in [0, 0.05) is 19.1 Å². The average molecular weight is 228 g/mol. The van der Waals surface area contributed by atoms with E-state index in [-0.39, 0.29) is 24.6 Å². The third kappa shape index (κ3) is 3.76. The fourth-order valence-corrected chi connectivity index (χ4v) is 2.11. The molecule has 4 heteroatoms. The Morgan fingerprint density at radius 2 is 2.00 bits per heavy atom. The summed E-state index contributed by atoms with van der Waals surface area (Å²) in [5, 5.41) is 12.3. The van der Waals surface area contributed by atoms with Crippen molar-refractivity contribution in [3.8, 4) is 0 Å². The van der Waals surface area contributed by atoms with Gasteiger partial charge in [0.2, 0.25) is 5.91 Å². The summed E-state index contributed by atoms with van der Waals surface area (Å²) in [6.07, 6.45) is 4.32. The highest BCUT2D eigenvalue weighted by Crippen LogP contribution is 2.10.